The van der Waals surface area contributed by atoms with E-state index in [1.807, 2.05) is 52.0 Å². The number of carbonyl (C=O) groups is 1. The van der Waals surface area contributed by atoms with E-state index >= 15 is 0 Å². The van der Waals surface area contributed by atoms with Crippen LogP contribution in [0.5, 0.6) is 5.75 Å². The van der Waals surface area contributed by atoms with Crippen molar-refractivity contribution in [2.24, 2.45) is 11.7 Å². The predicted molar refractivity (Wildman–Crippen MR) is 74.8 cm³/mol. The second-order valence-electron chi connectivity index (χ2n) is 5.97. The van der Waals surface area contributed by atoms with Crippen molar-refractivity contribution in [2.75, 3.05) is 0 Å². The molecule has 0 saturated heterocycles. The molecule has 2 unspecified atom stereocenters. The van der Waals surface area contributed by atoms with Crippen molar-refractivity contribution >= 4 is 5.91 Å². The van der Waals surface area contributed by atoms with Crippen LogP contribution in [0.1, 0.15) is 39.3 Å². The van der Waals surface area contributed by atoms with E-state index < -0.39 is 5.60 Å². The quantitative estimate of drug-likeness (QED) is 0.872. The fourth-order valence-electron chi connectivity index (χ4n) is 2.60. The van der Waals surface area contributed by atoms with Gasteiger partial charge in [0.2, 0.25) is 5.91 Å². The highest BCUT2D eigenvalue weighted by atomic mass is 16.5. The van der Waals surface area contributed by atoms with E-state index in [4.69, 9.17) is 10.5 Å². The molecule has 1 aromatic carbocycles. The van der Waals surface area contributed by atoms with Gasteiger partial charge in [-0.25, -0.2) is 0 Å². The highest BCUT2D eigenvalue weighted by Crippen LogP contribution is 2.43. The molecule has 2 rings (SSSR count). The van der Waals surface area contributed by atoms with Crippen LogP contribution in [0, 0.1) is 5.92 Å². The molecule has 0 radical (unpaired) electrons. The first kappa shape index (κ1) is 13.9. The van der Waals surface area contributed by atoms with Crippen molar-refractivity contribution < 1.29 is 9.53 Å². The molecular formula is C15H22N2O2. The Hall–Kier alpha value is -1.55. The van der Waals surface area contributed by atoms with Crippen molar-refractivity contribution in [1.82, 2.24) is 5.32 Å². The summed E-state index contributed by atoms with van der Waals surface area (Å²) in [5.41, 5.74) is 6.17. The topological polar surface area (TPSA) is 64.3 Å². The number of nitrogens with two attached hydrogens (primary N) is 1. The normalized spacial score (nSPS) is 21.8. The molecule has 0 aromatic heterocycles. The maximum atomic E-state index is 11.6. The third-order valence-corrected chi connectivity index (χ3v) is 3.62. The van der Waals surface area contributed by atoms with Crippen LogP contribution in [0.2, 0.25) is 0 Å². The Morgan fingerprint density at radius 2 is 2.00 bits per heavy atom. The van der Waals surface area contributed by atoms with E-state index in [2.05, 4.69) is 5.32 Å². The molecule has 1 aliphatic rings. The number of para-hydroxylation sites is 1. The molecule has 2 atom stereocenters. The number of hydrogen-bond donors (Lipinski definition) is 2. The molecule has 0 spiro atoms. The zero-order valence-electron chi connectivity index (χ0n) is 11.9. The highest BCUT2D eigenvalue weighted by molar-refractivity contribution is 5.80. The molecule has 1 heterocycles. The molecule has 1 aromatic rings. The van der Waals surface area contributed by atoms with E-state index in [9.17, 15) is 4.79 Å². The van der Waals surface area contributed by atoms with Gasteiger partial charge in [-0.3, -0.25) is 10.1 Å². The summed E-state index contributed by atoms with van der Waals surface area (Å²) in [5, 5.41) is 3.36. The minimum atomic E-state index is -0.397. The van der Waals surface area contributed by atoms with Gasteiger partial charge in [0.25, 0.3) is 0 Å². The molecule has 1 amide bonds. The van der Waals surface area contributed by atoms with Gasteiger partial charge in [0.15, 0.2) is 0 Å². The fraction of sp³-hybridized carbons (Fsp3) is 0.533. The lowest BCUT2D eigenvalue weighted by atomic mass is 9.92. The third kappa shape index (κ3) is 2.59. The summed E-state index contributed by atoms with van der Waals surface area (Å²) in [6.07, 6.45) is 0. The Morgan fingerprint density at radius 1 is 1.37 bits per heavy atom. The first-order chi connectivity index (χ1) is 8.83. The number of primary amides is 1. The van der Waals surface area contributed by atoms with Gasteiger partial charge in [-0.15, -0.1) is 0 Å². The first-order valence-corrected chi connectivity index (χ1v) is 6.66. The molecule has 0 aliphatic carbocycles. The molecule has 104 valence electrons. The second kappa shape index (κ2) is 4.85. The van der Waals surface area contributed by atoms with E-state index in [1.165, 1.54) is 0 Å². The summed E-state index contributed by atoms with van der Waals surface area (Å²) in [7, 11) is 0. The lowest BCUT2D eigenvalue weighted by Crippen LogP contribution is -2.51. The Kier molecular flexibility index (Phi) is 3.54. The van der Waals surface area contributed by atoms with Gasteiger partial charge in [-0.05, 0) is 25.8 Å². The van der Waals surface area contributed by atoms with E-state index in [0.29, 0.717) is 0 Å². The molecular weight excluding hydrogens is 240 g/mol. The van der Waals surface area contributed by atoms with Gasteiger partial charge in [0.1, 0.15) is 11.4 Å². The molecule has 19 heavy (non-hydrogen) atoms. The van der Waals surface area contributed by atoms with Crippen LogP contribution in [0.25, 0.3) is 0 Å². The van der Waals surface area contributed by atoms with Crippen molar-refractivity contribution in [2.45, 2.75) is 45.4 Å². The summed E-state index contributed by atoms with van der Waals surface area (Å²) in [6, 6.07) is 7.51. The fourth-order valence-corrected chi connectivity index (χ4v) is 2.60. The number of nitrogens with one attached hydrogen (secondary N) is 1. The van der Waals surface area contributed by atoms with Crippen LogP contribution in [0.3, 0.4) is 0 Å². The number of carbonyl (C=O) groups excluding carboxylic acids is 1. The van der Waals surface area contributed by atoms with Crippen molar-refractivity contribution in [3.8, 4) is 5.75 Å². The molecule has 0 fully saturated rings. The van der Waals surface area contributed by atoms with Gasteiger partial charge in [0.05, 0.1) is 12.1 Å². The summed E-state index contributed by atoms with van der Waals surface area (Å²) in [4.78, 5) is 11.6. The first-order valence-electron chi connectivity index (χ1n) is 6.66. The van der Waals surface area contributed by atoms with Crippen molar-refractivity contribution in [1.29, 1.82) is 0 Å². The van der Waals surface area contributed by atoms with Crippen LogP contribution in [-0.2, 0) is 4.79 Å². The molecule has 0 saturated carbocycles. The summed E-state index contributed by atoms with van der Waals surface area (Å²) in [6.45, 7) is 8.00. The van der Waals surface area contributed by atoms with Gasteiger partial charge < -0.3 is 10.5 Å². The van der Waals surface area contributed by atoms with Gasteiger partial charge in [0, 0.05) is 5.56 Å². The maximum absolute atomic E-state index is 11.6. The SMILES string of the molecule is CC(C)C(NC1c2ccccc2OC1(C)C)C(N)=O. The predicted octanol–water partition coefficient (Wildman–Crippen LogP) is 2.00. The van der Waals surface area contributed by atoms with E-state index in [-0.39, 0.29) is 23.9 Å². The van der Waals surface area contributed by atoms with Crippen molar-refractivity contribution in [3.63, 3.8) is 0 Å². The highest BCUT2D eigenvalue weighted by Gasteiger charge is 2.42. The zero-order valence-corrected chi connectivity index (χ0v) is 11.9. The average Bonchev–Trinajstić information content (AvgIpc) is 2.55. The number of fused-ring (bicyclic) bond motifs is 1. The average molecular weight is 262 g/mol. The molecule has 3 N–H and O–H groups in total. The smallest absolute Gasteiger partial charge is 0.234 e. The van der Waals surface area contributed by atoms with Crippen LogP contribution < -0.4 is 15.8 Å². The summed E-state index contributed by atoms with van der Waals surface area (Å²) in [5.74, 6) is 0.688. The lowest BCUT2D eigenvalue weighted by Gasteiger charge is -2.31. The van der Waals surface area contributed by atoms with Crippen LogP contribution in [0.4, 0.5) is 0 Å². The molecule has 0 bridgehead atoms. The van der Waals surface area contributed by atoms with Gasteiger partial charge in [-0.1, -0.05) is 32.0 Å². The Balaban J connectivity index is 2.30. The standard InChI is InChI=1S/C15H22N2O2/c1-9(2)12(14(16)18)17-13-10-7-5-6-8-11(10)19-15(13,3)4/h5-9,12-13,17H,1-4H3,(H2,16,18). The lowest BCUT2D eigenvalue weighted by molar-refractivity contribution is -0.121. The zero-order chi connectivity index (χ0) is 14.2. The largest absolute Gasteiger partial charge is 0.486 e. The number of rotatable bonds is 4. The second-order valence-corrected chi connectivity index (χ2v) is 5.97. The van der Waals surface area contributed by atoms with Crippen molar-refractivity contribution in [3.05, 3.63) is 29.8 Å². The monoisotopic (exact) mass is 262 g/mol. The molecule has 1 aliphatic heterocycles. The number of amides is 1. The summed E-state index contributed by atoms with van der Waals surface area (Å²) >= 11 is 0. The maximum Gasteiger partial charge on any atom is 0.234 e. The molecule has 4 nitrogen and oxygen atoms in total. The third-order valence-electron chi connectivity index (χ3n) is 3.62. The number of ether oxygens (including phenoxy) is 1. The number of benzene rings is 1. The van der Waals surface area contributed by atoms with Gasteiger partial charge >= 0.3 is 0 Å². The molecule has 4 heteroatoms. The van der Waals surface area contributed by atoms with Gasteiger partial charge in [-0.2, -0.15) is 0 Å². The number of hydrogen-bond acceptors (Lipinski definition) is 3. The summed E-state index contributed by atoms with van der Waals surface area (Å²) < 4.78 is 5.95. The van der Waals surface area contributed by atoms with Crippen LogP contribution >= 0.6 is 0 Å². The van der Waals surface area contributed by atoms with E-state index in [1.54, 1.807) is 0 Å². The Labute approximate surface area is 114 Å². The minimum Gasteiger partial charge on any atom is -0.486 e. The Morgan fingerprint density at radius 3 is 2.58 bits per heavy atom. The van der Waals surface area contributed by atoms with Crippen LogP contribution in [-0.4, -0.2) is 17.6 Å². The Bertz CT molecular complexity index is 483. The van der Waals surface area contributed by atoms with E-state index in [0.717, 1.165) is 11.3 Å². The van der Waals surface area contributed by atoms with Crippen LogP contribution in [0.15, 0.2) is 24.3 Å². The minimum absolute atomic E-state index is 0.0383.